The van der Waals surface area contributed by atoms with E-state index in [0.717, 1.165) is 146 Å². The highest BCUT2D eigenvalue weighted by Gasteiger charge is 2.23. The third-order valence-corrected chi connectivity index (χ3v) is 17.7. The number of aromatic nitrogens is 3. The Balaban J connectivity index is 0.000000225. The number of nitrogens with two attached hydrogens (primary N) is 1. The molecule has 89 heavy (non-hydrogen) atoms. The Labute approximate surface area is 554 Å². The van der Waals surface area contributed by atoms with Crippen LogP contribution in [0.2, 0.25) is 0 Å². The number of aromatic carboxylic acids is 1. The molecule has 0 spiro atoms. The van der Waals surface area contributed by atoms with Crippen LogP contribution in [0.25, 0.3) is 0 Å². The van der Waals surface area contributed by atoms with Crippen LogP contribution in [0.4, 0.5) is 0 Å². The lowest BCUT2D eigenvalue weighted by atomic mass is 9.95. The van der Waals surface area contributed by atoms with E-state index in [1.807, 2.05) is 64.1 Å². The molecule has 0 aliphatic carbocycles. The van der Waals surface area contributed by atoms with Crippen LogP contribution in [0, 0.1) is 20.8 Å². The molecule has 0 atom stereocenters. The fourth-order valence-electron chi connectivity index (χ4n) is 10.6. The van der Waals surface area contributed by atoms with Gasteiger partial charge in [-0.2, -0.15) is 0 Å². The van der Waals surface area contributed by atoms with Crippen LogP contribution in [-0.2, 0) is 58.0 Å². The van der Waals surface area contributed by atoms with Gasteiger partial charge in [-0.1, -0.05) is 56.8 Å². The molecule has 0 unspecified atom stereocenters. The number of aromatic amines is 3. The van der Waals surface area contributed by atoms with Crippen molar-refractivity contribution in [1.29, 1.82) is 0 Å². The number of carbonyl (C=O) groups is 3. The third-order valence-electron chi connectivity index (χ3n) is 15.9. The molecule has 0 bridgehead atoms. The van der Waals surface area contributed by atoms with Crippen molar-refractivity contribution < 1.29 is 33.7 Å². The van der Waals surface area contributed by atoms with E-state index in [1.165, 1.54) is 33.4 Å². The number of rotatable bonds is 15. The number of ether oxygens (including phenoxy) is 3. The maximum Gasteiger partial charge on any atom is 0.335 e. The number of pyridine rings is 3. The van der Waals surface area contributed by atoms with Crippen LogP contribution in [-0.4, -0.2) is 57.5 Å². The second kappa shape index (κ2) is 34.0. The van der Waals surface area contributed by atoms with E-state index in [2.05, 4.69) is 123 Å². The van der Waals surface area contributed by atoms with Gasteiger partial charge in [0.05, 0.1) is 19.0 Å². The first kappa shape index (κ1) is 73.2. The van der Waals surface area contributed by atoms with Gasteiger partial charge in [-0.25, -0.2) is 4.79 Å². The van der Waals surface area contributed by atoms with E-state index in [-0.39, 0.29) is 52.9 Å². The molecular weight excluding hydrogens is 1350 g/mol. The van der Waals surface area contributed by atoms with Gasteiger partial charge in [0.1, 0.15) is 37.1 Å². The Kier molecular flexibility index (Phi) is 28.0. The van der Waals surface area contributed by atoms with E-state index in [1.54, 1.807) is 18.2 Å². The molecule has 3 aliphatic rings. The standard InChI is InChI=1S/C24H28BrNO3.C23H27BrN2O3.C13H13BrO3.C10H16N2O.ClH/c1-5-6-17-10-16(4)26-24(28)20(17)7-8-22(27)18-11-19-9-14(2)15(3)13-29-23(19)21(25)12-18;1-5-6-16-8-15(4)26-23(28)19(16)11-25-22(27)18-9-17-7-13(2)14(3)12-29-21(17)20(24)10-18;1-7-3-9-4-10(13(15)16)5-11(14)12(9)17-6-8(7)2;1-3-4-8-5-7(2)12-10(13)9(8)6-11;/h10-12H,5-9,13H2,1-4H3,(H,26,28);8-10H,5-7,11-12H2,1-4H3,(H,25,27)(H,26,28);4-5H,3,6H2,1-2H3,(H,15,16);5H,3-4,6,11H2,1-2H3,(H,12,13);1H. The van der Waals surface area contributed by atoms with E-state index < -0.39 is 5.97 Å². The second-order valence-electron chi connectivity index (χ2n) is 23.1. The Hall–Kier alpha value is -6.57. The van der Waals surface area contributed by atoms with Crippen molar-refractivity contribution >= 4 is 77.9 Å². The van der Waals surface area contributed by atoms with Gasteiger partial charge in [0, 0.05) is 81.1 Å². The Bertz CT molecular complexity index is 3730. The van der Waals surface area contributed by atoms with Gasteiger partial charge in [-0.3, -0.25) is 24.0 Å². The summed E-state index contributed by atoms with van der Waals surface area (Å²) in [6.07, 6.45) is 8.55. The average molecular weight is 1430 g/mol. The largest absolute Gasteiger partial charge is 0.488 e. The highest BCUT2D eigenvalue weighted by atomic mass is 79.9. The van der Waals surface area contributed by atoms with E-state index >= 15 is 0 Å². The number of nitrogens with one attached hydrogen (secondary N) is 4. The summed E-state index contributed by atoms with van der Waals surface area (Å²) in [5.41, 5.74) is 24.9. The summed E-state index contributed by atoms with van der Waals surface area (Å²) in [7, 11) is 0. The molecule has 0 fully saturated rings. The summed E-state index contributed by atoms with van der Waals surface area (Å²) in [5.74, 6) is 1.27. The molecule has 0 radical (unpaired) electrons. The molecule has 9 rings (SSSR count). The minimum Gasteiger partial charge on any atom is -0.488 e. The van der Waals surface area contributed by atoms with Crippen LogP contribution in [0.5, 0.6) is 17.2 Å². The topological polar surface area (TPSA) is 236 Å². The zero-order chi connectivity index (χ0) is 64.7. The van der Waals surface area contributed by atoms with Gasteiger partial charge in [0.25, 0.3) is 22.6 Å². The van der Waals surface area contributed by atoms with Crippen molar-refractivity contribution in [2.24, 2.45) is 5.73 Å². The maximum absolute atomic E-state index is 12.9. The van der Waals surface area contributed by atoms with Crippen molar-refractivity contribution in [2.45, 2.75) is 167 Å². The number of amides is 1. The number of allylic oxidation sites excluding steroid dienone is 3. The fraction of sp³-hybridized carbons (Fsp3) is 0.400. The lowest BCUT2D eigenvalue weighted by Gasteiger charge is -2.14. The Morgan fingerprint density at radius 1 is 0.494 bits per heavy atom. The first-order valence-corrected chi connectivity index (χ1v) is 32.4. The number of hydrogen-bond acceptors (Lipinski definition) is 10. The molecule has 0 saturated heterocycles. The van der Waals surface area contributed by atoms with Crippen LogP contribution >= 0.6 is 60.2 Å². The summed E-state index contributed by atoms with van der Waals surface area (Å²) in [6, 6.07) is 16.7. The number of carbonyl (C=O) groups excluding carboxylic acids is 2. The Morgan fingerprint density at radius 2 is 0.843 bits per heavy atom. The molecule has 3 aromatic carbocycles. The number of Topliss-reactive ketones (excluding diaryl/α,β-unsaturated/α-hetero) is 1. The average Bonchev–Trinajstić information content (AvgIpc) is 2.41. The number of fused-ring (bicyclic) bond motifs is 3. The molecule has 0 saturated carbocycles. The zero-order valence-electron chi connectivity index (χ0n) is 53.3. The zero-order valence-corrected chi connectivity index (χ0v) is 58.8. The summed E-state index contributed by atoms with van der Waals surface area (Å²) >= 11 is 10.5. The minimum absolute atomic E-state index is 0. The van der Waals surface area contributed by atoms with Gasteiger partial charge in [-0.15, -0.1) is 12.4 Å². The molecule has 3 aromatic heterocycles. The first-order valence-electron chi connectivity index (χ1n) is 30.0. The molecule has 7 N–H and O–H groups in total. The van der Waals surface area contributed by atoms with Crippen molar-refractivity contribution in [3.63, 3.8) is 0 Å². The number of carboxylic acids is 1. The van der Waals surface area contributed by atoms with Gasteiger partial charge in [0.15, 0.2) is 5.78 Å². The number of benzene rings is 3. The van der Waals surface area contributed by atoms with E-state index in [0.29, 0.717) is 60.4 Å². The van der Waals surface area contributed by atoms with Crippen molar-refractivity contribution in [1.82, 2.24) is 20.3 Å². The smallest absolute Gasteiger partial charge is 0.335 e. The lowest BCUT2D eigenvalue weighted by Crippen LogP contribution is -2.28. The summed E-state index contributed by atoms with van der Waals surface area (Å²) in [6.45, 7) is 26.6. The van der Waals surface area contributed by atoms with Crippen molar-refractivity contribution in [3.05, 3.63) is 216 Å². The molecule has 478 valence electrons. The molecule has 19 heteroatoms. The number of H-pyrrole nitrogens is 3. The highest BCUT2D eigenvalue weighted by molar-refractivity contribution is 9.11. The van der Waals surface area contributed by atoms with Crippen molar-refractivity contribution in [2.75, 3.05) is 19.8 Å². The fourth-order valence-corrected chi connectivity index (χ4v) is 12.5. The van der Waals surface area contributed by atoms with Crippen LogP contribution in [0.15, 0.2) is 116 Å². The predicted octanol–water partition coefficient (Wildman–Crippen LogP) is 15.0. The van der Waals surface area contributed by atoms with Crippen LogP contribution in [0.3, 0.4) is 0 Å². The highest BCUT2D eigenvalue weighted by Crippen LogP contribution is 2.38. The van der Waals surface area contributed by atoms with Gasteiger partial charge in [-0.05, 0) is 243 Å². The number of aryl methyl sites for hydroxylation is 6. The summed E-state index contributed by atoms with van der Waals surface area (Å²) < 4.78 is 19.8. The van der Waals surface area contributed by atoms with Crippen LogP contribution in [0.1, 0.15) is 186 Å². The lowest BCUT2D eigenvalue weighted by molar-refractivity contribution is 0.0696. The number of ketones is 1. The first-order chi connectivity index (χ1) is 41.8. The normalized spacial score (nSPS) is 13.3. The maximum atomic E-state index is 12.9. The van der Waals surface area contributed by atoms with Crippen LogP contribution < -0.4 is 41.9 Å². The predicted molar refractivity (Wildman–Crippen MR) is 368 cm³/mol. The number of halogens is 4. The van der Waals surface area contributed by atoms with Gasteiger partial charge < -0.3 is 45.3 Å². The van der Waals surface area contributed by atoms with E-state index in [9.17, 15) is 28.8 Å². The second-order valence-corrected chi connectivity index (χ2v) is 25.7. The van der Waals surface area contributed by atoms with Gasteiger partial charge >= 0.3 is 5.97 Å². The molecular formula is C70H85Br3ClN5O10. The quantitative estimate of drug-likeness (QED) is 0.0418. The SMILES string of the molecule is CC1=C(C)Cc2cc(C(=O)O)cc(Br)c2OC1.CCCc1cc(C)[nH]c(=O)c1CCC(=O)c1cc(Br)c2c(c1)CC(C)=C(C)CO2.CCCc1cc(C)[nH]c(=O)c1CN.CCCc1cc(C)[nH]c(=O)c1CNC(=O)c1cc(Br)c2c(c1)CC(C)=C(C)CO2.Cl. The molecule has 6 aromatic rings. The minimum atomic E-state index is -0.920. The number of hydrogen-bond donors (Lipinski definition) is 6. The summed E-state index contributed by atoms with van der Waals surface area (Å²) in [5, 5.41) is 11.9. The molecule has 6 heterocycles. The van der Waals surface area contributed by atoms with E-state index in [4.69, 9.17) is 25.1 Å². The molecule has 1 amide bonds. The monoisotopic (exact) mass is 1430 g/mol. The van der Waals surface area contributed by atoms with Gasteiger partial charge in [0.2, 0.25) is 0 Å². The Morgan fingerprint density at radius 3 is 1.25 bits per heavy atom. The third kappa shape index (κ3) is 19.7. The summed E-state index contributed by atoms with van der Waals surface area (Å²) in [4.78, 5) is 81.5. The molecule has 15 nitrogen and oxygen atoms in total. The van der Waals surface area contributed by atoms with Crippen molar-refractivity contribution in [3.8, 4) is 17.2 Å². The molecule has 3 aliphatic heterocycles. The number of carboxylic acid groups (broad SMARTS) is 1.